The first kappa shape index (κ1) is 17.1. The predicted molar refractivity (Wildman–Crippen MR) is 79.9 cm³/mol. The van der Waals surface area contributed by atoms with Crippen LogP contribution in [0.3, 0.4) is 0 Å². The van der Waals surface area contributed by atoms with Crippen molar-refractivity contribution in [3.05, 3.63) is 29.6 Å². The number of hydrogen-bond donors (Lipinski definition) is 2. The summed E-state index contributed by atoms with van der Waals surface area (Å²) in [6.07, 6.45) is 1.55. The van der Waals surface area contributed by atoms with E-state index in [9.17, 15) is 4.79 Å². The lowest BCUT2D eigenvalue weighted by molar-refractivity contribution is 0.0942. The first-order chi connectivity index (χ1) is 10.2. The summed E-state index contributed by atoms with van der Waals surface area (Å²) in [6, 6.07) is 3.41. The fraction of sp³-hybridized carbons (Fsp3) is 0.467. The third-order valence-corrected chi connectivity index (χ3v) is 2.78. The van der Waals surface area contributed by atoms with Crippen LogP contribution in [0.4, 0.5) is 0 Å². The molecule has 0 unspecified atom stereocenters. The summed E-state index contributed by atoms with van der Waals surface area (Å²) < 4.78 is 4.99. The molecule has 1 aromatic heterocycles. The molecule has 6 heteroatoms. The third-order valence-electron chi connectivity index (χ3n) is 2.78. The number of nitrogens with one attached hydrogen (secondary N) is 1. The Kier molecular flexibility index (Phi) is 8.05. The minimum Gasteiger partial charge on any atom is -0.384 e. The molecule has 0 aromatic carbocycles. The van der Waals surface area contributed by atoms with E-state index in [1.807, 2.05) is 7.05 Å². The van der Waals surface area contributed by atoms with E-state index in [1.54, 1.807) is 25.4 Å². The van der Waals surface area contributed by atoms with Crippen molar-refractivity contribution in [2.45, 2.75) is 0 Å². The zero-order chi connectivity index (χ0) is 15.5. The van der Waals surface area contributed by atoms with Gasteiger partial charge in [-0.25, -0.2) is 4.98 Å². The maximum absolute atomic E-state index is 12.1. The normalized spacial score (nSPS) is 10.1. The number of aromatic nitrogens is 1. The molecule has 0 radical (unpaired) electrons. The van der Waals surface area contributed by atoms with Crippen LogP contribution in [0.15, 0.2) is 18.3 Å². The van der Waals surface area contributed by atoms with Gasteiger partial charge in [0.05, 0.1) is 12.2 Å². The lowest BCUT2D eigenvalue weighted by Gasteiger charge is -2.16. The Labute approximate surface area is 125 Å². The van der Waals surface area contributed by atoms with Crippen molar-refractivity contribution in [2.75, 3.05) is 47.0 Å². The van der Waals surface area contributed by atoms with Gasteiger partial charge in [0.2, 0.25) is 0 Å². The van der Waals surface area contributed by atoms with Gasteiger partial charge in [0.25, 0.3) is 5.91 Å². The number of aliphatic hydroxyl groups excluding tert-OH is 1. The molecular weight excluding hydrogens is 270 g/mol. The standard InChI is InChI=1S/C15H21N3O3/c1-18(10-12-21-2)9-8-17-15(20)14-13(6-4-11-19)5-3-7-16-14/h3,5,7,19H,8-12H2,1-2H3,(H,17,20). The van der Waals surface area contributed by atoms with E-state index in [0.29, 0.717) is 18.7 Å². The zero-order valence-corrected chi connectivity index (χ0v) is 12.4. The van der Waals surface area contributed by atoms with Crippen molar-refractivity contribution >= 4 is 5.91 Å². The highest BCUT2D eigenvalue weighted by molar-refractivity contribution is 5.94. The number of carbonyl (C=O) groups is 1. The van der Waals surface area contributed by atoms with Crippen molar-refractivity contribution in [1.29, 1.82) is 0 Å². The monoisotopic (exact) mass is 291 g/mol. The van der Waals surface area contributed by atoms with Crippen LogP contribution in [-0.4, -0.2) is 67.9 Å². The summed E-state index contributed by atoms with van der Waals surface area (Å²) in [7, 11) is 3.62. The molecule has 0 bridgehead atoms. The highest BCUT2D eigenvalue weighted by Gasteiger charge is 2.11. The van der Waals surface area contributed by atoms with Gasteiger partial charge in [-0.2, -0.15) is 0 Å². The molecule has 1 amide bonds. The van der Waals surface area contributed by atoms with Crippen LogP contribution in [0.2, 0.25) is 0 Å². The number of methoxy groups -OCH3 is 1. The van der Waals surface area contributed by atoms with Crippen molar-refractivity contribution in [3.8, 4) is 11.8 Å². The summed E-state index contributed by atoms with van der Waals surface area (Å²) in [5.74, 6) is 4.98. The van der Waals surface area contributed by atoms with Crippen LogP contribution < -0.4 is 5.32 Å². The van der Waals surface area contributed by atoms with Crippen molar-refractivity contribution in [3.63, 3.8) is 0 Å². The molecular formula is C15H21N3O3. The number of pyridine rings is 1. The van der Waals surface area contributed by atoms with E-state index in [0.717, 1.165) is 13.1 Å². The van der Waals surface area contributed by atoms with Crippen LogP contribution in [0, 0.1) is 11.8 Å². The predicted octanol–water partition coefficient (Wildman–Crippen LogP) is -0.267. The lowest BCUT2D eigenvalue weighted by atomic mass is 10.2. The summed E-state index contributed by atoms with van der Waals surface area (Å²) in [6.45, 7) is 2.46. The van der Waals surface area contributed by atoms with E-state index in [1.165, 1.54) is 0 Å². The molecule has 2 N–H and O–H groups in total. The minimum absolute atomic E-state index is 0.250. The summed E-state index contributed by atoms with van der Waals surface area (Å²) in [4.78, 5) is 18.2. The second-order valence-electron chi connectivity index (χ2n) is 4.41. The van der Waals surface area contributed by atoms with Crippen molar-refractivity contribution in [1.82, 2.24) is 15.2 Å². The van der Waals surface area contributed by atoms with Gasteiger partial charge in [-0.3, -0.25) is 4.79 Å². The minimum atomic E-state index is -0.266. The van der Waals surface area contributed by atoms with Crippen molar-refractivity contribution in [2.24, 2.45) is 0 Å². The first-order valence-electron chi connectivity index (χ1n) is 6.69. The fourth-order valence-electron chi connectivity index (χ4n) is 1.62. The number of carbonyl (C=O) groups excluding carboxylic acids is 1. The molecule has 0 saturated heterocycles. The van der Waals surface area contributed by atoms with Crippen molar-refractivity contribution < 1.29 is 14.6 Å². The Morgan fingerprint density at radius 2 is 2.33 bits per heavy atom. The van der Waals surface area contributed by atoms with Crippen LogP contribution in [0.5, 0.6) is 0 Å². The van der Waals surface area contributed by atoms with Gasteiger partial charge in [0.15, 0.2) is 0 Å². The van der Waals surface area contributed by atoms with Crippen LogP contribution in [-0.2, 0) is 4.74 Å². The summed E-state index contributed by atoms with van der Waals surface area (Å²) >= 11 is 0. The number of likely N-dealkylation sites (N-methyl/N-ethyl adjacent to an activating group) is 1. The smallest absolute Gasteiger partial charge is 0.271 e. The van der Waals surface area contributed by atoms with Gasteiger partial charge < -0.3 is 20.1 Å². The van der Waals surface area contributed by atoms with E-state index in [2.05, 4.69) is 27.0 Å². The SMILES string of the molecule is COCCN(C)CCNC(=O)c1ncccc1C#CCO. The Balaban J connectivity index is 2.52. The highest BCUT2D eigenvalue weighted by atomic mass is 16.5. The second kappa shape index (κ2) is 9.88. The lowest BCUT2D eigenvalue weighted by Crippen LogP contribution is -2.35. The van der Waals surface area contributed by atoms with Gasteiger partial charge >= 0.3 is 0 Å². The van der Waals surface area contributed by atoms with E-state index >= 15 is 0 Å². The van der Waals surface area contributed by atoms with Gasteiger partial charge in [0.1, 0.15) is 12.3 Å². The van der Waals surface area contributed by atoms with Crippen LogP contribution in [0.1, 0.15) is 16.1 Å². The van der Waals surface area contributed by atoms with Gasteiger partial charge in [-0.1, -0.05) is 11.8 Å². The highest BCUT2D eigenvalue weighted by Crippen LogP contribution is 2.03. The maximum atomic E-state index is 12.1. The van der Waals surface area contributed by atoms with E-state index in [-0.39, 0.29) is 18.2 Å². The quantitative estimate of drug-likeness (QED) is 0.677. The average Bonchev–Trinajstić information content (AvgIpc) is 2.51. The Hall–Kier alpha value is -1.94. The zero-order valence-electron chi connectivity index (χ0n) is 12.4. The Bertz CT molecular complexity index is 508. The Morgan fingerprint density at radius 1 is 1.52 bits per heavy atom. The molecule has 0 fully saturated rings. The number of amides is 1. The molecule has 1 aromatic rings. The average molecular weight is 291 g/mol. The molecule has 0 aliphatic carbocycles. The first-order valence-corrected chi connectivity index (χ1v) is 6.69. The summed E-state index contributed by atoms with van der Waals surface area (Å²) in [5.41, 5.74) is 0.787. The molecule has 0 atom stereocenters. The van der Waals surface area contributed by atoms with Gasteiger partial charge in [-0.05, 0) is 19.2 Å². The number of aliphatic hydroxyl groups is 1. The second-order valence-corrected chi connectivity index (χ2v) is 4.41. The number of hydrogen-bond acceptors (Lipinski definition) is 5. The Morgan fingerprint density at radius 3 is 3.05 bits per heavy atom. The summed E-state index contributed by atoms with van der Waals surface area (Å²) in [5, 5.41) is 11.5. The topological polar surface area (TPSA) is 74.7 Å². The molecule has 1 heterocycles. The molecule has 0 spiro atoms. The molecule has 0 aliphatic rings. The number of nitrogens with zero attached hydrogens (tertiary/aromatic N) is 2. The van der Waals surface area contributed by atoms with Crippen LogP contribution >= 0.6 is 0 Å². The van der Waals surface area contributed by atoms with Gasteiger partial charge in [-0.15, -0.1) is 0 Å². The molecule has 0 saturated carbocycles. The molecule has 21 heavy (non-hydrogen) atoms. The van der Waals surface area contributed by atoms with E-state index in [4.69, 9.17) is 9.84 Å². The van der Waals surface area contributed by atoms with Crippen LogP contribution in [0.25, 0.3) is 0 Å². The fourth-order valence-corrected chi connectivity index (χ4v) is 1.62. The number of rotatable bonds is 7. The molecule has 1 rings (SSSR count). The largest absolute Gasteiger partial charge is 0.384 e. The molecule has 0 aliphatic heterocycles. The van der Waals surface area contributed by atoms with Gasteiger partial charge in [0, 0.05) is 32.9 Å². The molecule has 114 valence electrons. The molecule has 6 nitrogen and oxygen atoms in total. The maximum Gasteiger partial charge on any atom is 0.271 e. The third kappa shape index (κ3) is 6.36. The van der Waals surface area contributed by atoms with E-state index < -0.39 is 0 Å². The number of ether oxygens (including phenoxy) is 1.